The lowest BCUT2D eigenvalue weighted by molar-refractivity contribution is -0.308. The normalized spacial score (nSPS) is 11.6. The molecule has 1 atom stereocenters. The number of hydrogen-bond donors (Lipinski definition) is 2. The van der Waals surface area contributed by atoms with Gasteiger partial charge in [-0.25, -0.2) is 4.79 Å². The number of rotatable bonds is 4. The number of nitrogens with one attached hydrogen (secondary N) is 2. The van der Waals surface area contributed by atoms with Gasteiger partial charge in [-0.2, -0.15) is 0 Å². The first-order chi connectivity index (χ1) is 9.11. The number of carbonyl (C=O) groups is 3. The highest BCUT2D eigenvalue weighted by molar-refractivity contribution is 5.81. The Labute approximate surface area is 118 Å². The van der Waals surface area contributed by atoms with Gasteiger partial charge in [0.1, 0.15) is 5.60 Å². The predicted molar refractivity (Wildman–Crippen MR) is 69.2 cm³/mol. The Balaban J connectivity index is 4.11. The Hall–Kier alpha value is -2.23. The van der Waals surface area contributed by atoms with Crippen molar-refractivity contribution in [3.05, 3.63) is 0 Å². The second-order valence-corrected chi connectivity index (χ2v) is 4.99. The van der Waals surface area contributed by atoms with Gasteiger partial charge in [-0.15, -0.1) is 0 Å². The van der Waals surface area contributed by atoms with Gasteiger partial charge in [0.05, 0.1) is 18.6 Å². The first kappa shape index (κ1) is 17.8. The zero-order valence-electron chi connectivity index (χ0n) is 12.0. The number of alkyl carbamates (subject to hydrolysis) is 1. The van der Waals surface area contributed by atoms with E-state index in [2.05, 4.69) is 22.5 Å². The van der Waals surface area contributed by atoms with Crippen LogP contribution in [-0.2, 0) is 14.3 Å². The lowest BCUT2D eigenvalue weighted by atomic mass is 10.2. The summed E-state index contributed by atoms with van der Waals surface area (Å²) in [5, 5.41) is 15.3. The molecule has 0 aromatic heterocycles. The molecule has 0 aromatic carbocycles. The molecule has 0 radical (unpaired) electrons. The number of carboxylic acid groups (broad SMARTS) is 1. The van der Waals surface area contributed by atoms with Crippen molar-refractivity contribution in [3.63, 3.8) is 0 Å². The molecule has 0 spiro atoms. The predicted octanol–water partition coefficient (Wildman–Crippen LogP) is -0.841. The summed E-state index contributed by atoms with van der Waals surface area (Å²) in [4.78, 5) is 32.7. The van der Waals surface area contributed by atoms with E-state index in [4.69, 9.17) is 4.74 Å². The maximum atomic E-state index is 11.2. The van der Waals surface area contributed by atoms with Gasteiger partial charge in [0.15, 0.2) is 0 Å². The average Bonchev–Trinajstić information content (AvgIpc) is 2.23. The van der Waals surface area contributed by atoms with E-state index in [9.17, 15) is 19.5 Å². The smallest absolute Gasteiger partial charge is 0.408 e. The topological polar surface area (TPSA) is 108 Å². The van der Waals surface area contributed by atoms with Gasteiger partial charge in [0.2, 0.25) is 5.91 Å². The minimum atomic E-state index is -1.41. The SMILES string of the molecule is CC(=O)N[C@@H](CC#CCNC(=O)OC(C)(C)C)C(=O)[O-]. The van der Waals surface area contributed by atoms with Crippen molar-refractivity contribution in [2.24, 2.45) is 0 Å². The molecule has 0 aliphatic rings. The molecular weight excluding hydrogens is 264 g/mol. The van der Waals surface area contributed by atoms with Gasteiger partial charge >= 0.3 is 6.09 Å². The Bertz CT molecular complexity index is 428. The minimum Gasteiger partial charge on any atom is -0.548 e. The number of ether oxygens (including phenoxy) is 1. The zero-order valence-corrected chi connectivity index (χ0v) is 12.0. The monoisotopic (exact) mass is 283 g/mol. The van der Waals surface area contributed by atoms with Crippen molar-refractivity contribution in [2.45, 2.75) is 45.8 Å². The Morgan fingerprint density at radius 3 is 2.30 bits per heavy atom. The van der Waals surface area contributed by atoms with Crippen LogP contribution in [0.15, 0.2) is 0 Å². The standard InChI is InChI=1S/C13H20N2O5/c1-9(16)15-10(11(17)18)7-5-6-8-14-12(19)20-13(2,3)4/h10H,7-8H2,1-4H3,(H,14,19)(H,15,16)(H,17,18)/p-1/t10-/m0/s1. The lowest BCUT2D eigenvalue weighted by Gasteiger charge is -2.19. The zero-order chi connectivity index (χ0) is 15.8. The van der Waals surface area contributed by atoms with Crippen molar-refractivity contribution in [3.8, 4) is 11.8 Å². The molecule has 20 heavy (non-hydrogen) atoms. The maximum Gasteiger partial charge on any atom is 0.408 e. The van der Waals surface area contributed by atoms with E-state index in [1.54, 1.807) is 20.8 Å². The molecule has 2 amide bonds. The lowest BCUT2D eigenvalue weighted by Crippen LogP contribution is -2.47. The molecule has 0 aliphatic carbocycles. The van der Waals surface area contributed by atoms with Gasteiger partial charge in [-0.1, -0.05) is 11.8 Å². The van der Waals surface area contributed by atoms with Crippen molar-refractivity contribution in [2.75, 3.05) is 6.54 Å². The van der Waals surface area contributed by atoms with Crippen LogP contribution >= 0.6 is 0 Å². The molecule has 7 heteroatoms. The maximum absolute atomic E-state index is 11.2. The molecule has 112 valence electrons. The van der Waals surface area contributed by atoms with E-state index >= 15 is 0 Å². The average molecular weight is 283 g/mol. The molecule has 0 heterocycles. The van der Waals surface area contributed by atoms with Gasteiger partial charge in [-0.3, -0.25) is 4.79 Å². The second-order valence-electron chi connectivity index (χ2n) is 4.99. The summed E-state index contributed by atoms with van der Waals surface area (Å²) in [5.41, 5.74) is -0.594. The fourth-order valence-corrected chi connectivity index (χ4v) is 1.11. The van der Waals surface area contributed by atoms with Crippen LogP contribution in [0.25, 0.3) is 0 Å². The van der Waals surface area contributed by atoms with Gasteiger partial charge in [0, 0.05) is 13.3 Å². The number of aliphatic carboxylic acids is 1. The highest BCUT2D eigenvalue weighted by atomic mass is 16.6. The summed E-state index contributed by atoms with van der Waals surface area (Å²) in [6.07, 6.45) is -0.706. The fraction of sp³-hybridized carbons (Fsp3) is 0.615. The quantitative estimate of drug-likeness (QED) is 0.654. The Morgan fingerprint density at radius 2 is 1.85 bits per heavy atom. The van der Waals surface area contributed by atoms with Crippen molar-refractivity contribution in [1.82, 2.24) is 10.6 Å². The third kappa shape index (κ3) is 9.76. The summed E-state index contributed by atoms with van der Waals surface area (Å²) in [6.45, 7) is 6.42. The summed E-state index contributed by atoms with van der Waals surface area (Å²) >= 11 is 0. The van der Waals surface area contributed by atoms with Crippen LogP contribution < -0.4 is 15.7 Å². The van der Waals surface area contributed by atoms with Gasteiger partial charge in [0.25, 0.3) is 0 Å². The molecule has 2 N–H and O–H groups in total. The summed E-state index contributed by atoms with van der Waals surface area (Å²) in [6, 6.07) is -1.17. The van der Waals surface area contributed by atoms with Crippen molar-refractivity contribution in [1.29, 1.82) is 0 Å². The minimum absolute atomic E-state index is 0.0226. The molecule has 0 fully saturated rings. The highest BCUT2D eigenvalue weighted by Crippen LogP contribution is 2.05. The van der Waals surface area contributed by atoms with Crippen LogP contribution in [-0.4, -0.2) is 36.2 Å². The van der Waals surface area contributed by atoms with Crippen LogP contribution in [0.1, 0.15) is 34.1 Å². The van der Waals surface area contributed by atoms with E-state index in [1.807, 2.05) is 0 Å². The van der Waals surface area contributed by atoms with Crippen LogP contribution in [0.2, 0.25) is 0 Å². The first-order valence-electron chi connectivity index (χ1n) is 6.02. The number of hydrogen-bond acceptors (Lipinski definition) is 5. The molecule has 0 aromatic rings. The number of carboxylic acids is 1. The Morgan fingerprint density at radius 1 is 1.25 bits per heavy atom. The molecular formula is C13H19N2O5-. The number of amides is 2. The summed E-state index contributed by atoms with van der Waals surface area (Å²) in [7, 11) is 0. The van der Waals surface area contributed by atoms with E-state index in [1.165, 1.54) is 6.92 Å². The highest BCUT2D eigenvalue weighted by Gasteiger charge is 2.15. The molecule has 7 nitrogen and oxygen atoms in total. The third-order valence-electron chi connectivity index (χ3n) is 1.81. The van der Waals surface area contributed by atoms with E-state index in [0.29, 0.717) is 0 Å². The molecule has 0 bridgehead atoms. The van der Waals surface area contributed by atoms with Crippen LogP contribution in [0, 0.1) is 11.8 Å². The van der Waals surface area contributed by atoms with E-state index < -0.39 is 29.6 Å². The molecule has 0 aliphatic heterocycles. The van der Waals surface area contributed by atoms with Gasteiger partial charge in [-0.05, 0) is 20.8 Å². The van der Waals surface area contributed by atoms with Crippen molar-refractivity contribution < 1.29 is 24.2 Å². The van der Waals surface area contributed by atoms with Crippen molar-refractivity contribution >= 4 is 18.0 Å². The summed E-state index contributed by atoms with van der Waals surface area (Å²) in [5.74, 6) is 3.20. The van der Waals surface area contributed by atoms with E-state index in [0.717, 1.165) is 0 Å². The molecule has 0 unspecified atom stereocenters. The molecule has 0 saturated heterocycles. The van der Waals surface area contributed by atoms with E-state index in [-0.39, 0.29) is 13.0 Å². The molecule has 0 rings (SSSR count). The largest absolute Gasteiger partial charge is 0.548 e. The summed E-state index contributed by atoms with van der Waals surface area (Å²) < 4.78 is 4.98. The van der Waals surface area contributed by atoms with Crippen LogP contribution in [0.4, 0.5) is 4.79 Å². The van der Waals surface area contributed by atoms with Crippen LogP contribution in [0.3, 0.4) is 0 Å². The third-order valence-corrected chi connectivity index (χ3v) is 1.81. The fourth-order valence-electron chi connectivity index (χ4n) is 1.11. The first-order valence-corrected chi connectivity index (χ1v) is 6.02. The van der Waals surface area contributed by atoms with Gasteiger partial charge < -0.3 is 25.3 Å². The Kier molecular flexibility index (Phi) is 7.15. The second kappa shape index (κ2) is 8.04. The van der Waals surface area contributed by atoms with Crippen LogP contribution in [0.5, 0.6) is 0 Å². The molecule has 0 saturated carbocycles. The number of carbonyl (C=O) groups excluding carboxylic acids is 3.